The van der Waals surface area contributed by atoms with Crippen LogP contribution < -0.4 is 0 Å². The Morgan fingerprint density at radius 1 is 1.50 bits per heavy atom. The van der Waals surface area contributed by atoms with Crippen LogP contribution in [0.2, 0.25) is 0 Å². The summed E-state index contributed by atoms with van der Waals surface area (Å²) in [4.78, 5) is 5.37. The Kier molecular flexibility index (Phi) is 2.40. The van der Waals surface area contributed by atoms with Crippen molar-refractivity contribution in [3.8, 4) is 0 Å². The fraction of sp³-hybridized carbons (Fsp3) is 0.727. The Morgan fingerprint density at radius 2 is 2.29 bits per heavy atom. The van der Waals surface area contributed by atoms with E-state index in [1.807, 2.05) is 18.6 Å². The van der Waals surface area contributed by atoms with E-state index in [0.717, 1.165) is 25.7 Å². The van der Waals surface area contributed by atoms with E-state index in [4.69, 9.17) is 0 Å². The van der Waals surface area contributed by atoms with Gasteiger partial charge < -0.3 is 5.11 Å². The fourth-order valence-corrected chi connectivity index (χ4v) is 3.17. The SMILES string of the molecule is CC1(O)CCCC1(C)Cc1cncs1. The highest BCUT2D eigenvalue weighted by Crippen LogP contribution is 2.48. The highest BCUT2D eigenvalue weighted by molar-refractivity contribution is 7.09. The van der Waals surface area contributed by atoms with Crippen molar-refractivity contribution in [1.29, 1.82) is 0 Å². The standard InChI is InChI=1S/C11H17NOS/c1-10(4-3-5-11(10,2)13)6-9-7-12-8-14-9/h7-8,13H,3-6H2,1-2H3. The molecular formula is C11H17NOS. The second-order valence-electron chi connectivity index (χ2n) is 4.83. The molecule has 2 rings (SSSR count). The van der Waals surface area contributed by atoms with Gasteiger partial charge in [0.05, 0.1) is 11.1 Å². The molecule has 1 fully saturated rings. The molecule has 0 bridgehead atoms. The van der Waals surface area contributed by atoms with Crippen molar-refractivity contribution in [2.75, 3.05) is 0 Å². The highest BCUT2D eigenvalue weighted by Gasteiger charge is 2.47. The number of nitrogens with zero attached hydrogens (tertiary/aromatic N) is 1. The minimum atomic E-state index is -0.503. The molecule has 1 aliphatic rings. The number of hydrogen-bond donors (Lipinski definition) is 1. The second-order valence-corrected chi connectivity index (χ2v) is 5.80. The van der Waals surface area contributed by atoms with Crippen LogP contribution in [-0.4, -0.2) is 15.7 Å². The molecule has 2 nitrogen and oxygen atoms in total. The zero-order valence-corrected chi connectivity index (χ0v) is 9.60. The molecule has 0 radical (unpaired) electrons. The van der Waals surface area contributed by atoms with Crippen molar-refractivity contribution in [3.63, 3.8) is 0 Å². The smallest absolute Gasteiger partial charge is 0.0794 e. The molecule has 0 amide bonds. The number of aliphatic hydroxyl groups is 1. The summed E-state index contributed by atoms with van der Waals surface area (Å²) in [6.07, 6.45) is 6.08. The molecule has 3 heteroatoms. The first-order chi connectivity index (χ1) is 6.54. The van der Waals surface area contributed by atoms with Gasteiger partial charge in [-0.1, -0.05) is 6.92 Å². The number of hydrogen-bond acceptors (Lipinski definition) is 3. The molecule has 1 saturated carbocycles. The van der Waals surface area contributed by atoms with Gasteiger partial charge in [0, 0.05) is 16.5 Å². The molecule has 1 aromatic heterocycles. The zero-order chi connectivity index (χ0) is 10.2. The second kappa shape index (κ2) is 3.31. The molecule has 1 heterocycles. The first-order valence-electron chi connectivity index (χ1n) is 5.13. The largest absolute Gasteiger partial charge is 0.390 e. The topological polar surface area (TPSA) is 33.1 Å². The third-order valence-corrected chi connectivity index (χ3v) is 4.52. The lowest BCUT2D eigenvalue weighted by Gasteiger charge is -2.36. The maximum atomic E-state index is 10.3. The summed E-state index contributed by atoms with van der Waals surface area (Å²) in [5.74, 6) is 0. The van der Waals surface area contributed by atoms with Crippen molar-refractivity contribution < 1.29 is 5.11 Å². The monoisotopic (exact) mass is 211 g/mol. The van der Waals surface area contributed by atoms with Crippen LogP contribution in [0.5, 0.6) is 0 Å². The van der Waals surface area contributed by atoms with Gasteiger partial charge in [0.2, 0.25) is 0 Å². The molecule has 78 valence electrons. The van der Waals surface area contributed by atoms with Crippen LogP contribution in [0.15, 0.2) is 11.7 Å². The normalized spacial score (nSPS) is 37.6. The van der Waals surface area contributed by atoms with Gasteiger partial charge in [0.15, 0.2) is 0 Å². The van der Waals surface area contributed by atoms with Crippen molar-refractivity contribution in [2.45, 2.75) is 45.1 Å². The fourth-order valence-electron chi connectivity index (χ4n) is 2.39. The highest BCUT2D eigenvalue weighted by atomic mass is 32.1. The molecule has 2 atom stereocenters. The Bertz CT molecular complexity index is 307. The first kappa shape index (κ1) is 10.1. The van der Waals surface area contributed by atoms with E-state index in [2.05, 4.69) is 11.9 Å². The Labute approximate surface area is 89.0 Å². The molecule has 1 aromatic rings. The molecule has 1 N–H and O–H groups in total. The predicted octanol–water partition coefficient (Wildman–Crippen LogP) is 2.63. The Balaban J connectivity index is 2.17. The molecule has 2 unspecified atom stereocenters. The summed E-state index contributed by atoms with van der Waals surface area (Å²) in [6.45, 7) is 4.17. The number of thiazole rings is 1. The first-order valence-corrected chi connectivity index (χ1v) is 6.01. The van der Waals surface area contributed by atoms with E-state index in [1.165, 1.54) is 4.88 Å². The van der Waals surface area contributed by atoms with Crippen LogP contribution in [0.4, 0.5) is 0 Å². The number of aromatic nitrogens is 1. The lowest BCUT2D eigenvalue weighted by atomic mass is 9.74. The average molecular weight is 211 g/mol. The van der Waals surface area contributed by atoms with E-state index >= 15 is 0 Å². The summed E-state index contributed by atoms with van der Waals surface area (Å²) in [7, 11) is 0. The van der Waals surface area contributed by atoms with E-state index in [1.54, 1.807) is 11.3 Å². The van der Waals surface area contributed by atoms with E-state index in [9.17, 15) is 5.11 Å². The zero-order valence-electron chi connectivity index (χ0n) is 8.79. The molecule has 1 aliphatic carbocycles. The van der Waals surface area contributed by atoms with E-state index in [-0.39, 0.29) is 5.41 Å². The summed E-state index contributed by atoms with van der Waals surface area (Å²) in [6, 6.07) is 0. The van der Waals surface area contributed by atoms with Gasteiger partial charge in [-0.3, -0.25) is 4.98 Å². The van der Waals surface area contributed by atoms with Crippen molar-refractivity contribution in [2.24, 2.45) is 5.41 Å². The molecule has 0 spiro atoms. The number of rotatable bonds is 2. The van der Waals surface area contributed by atoms with Crippen LogP contribution in [0, 0.1) is 5.41 Å². The van der Waals surface area contributed by atoms with Crippen molar-refractivity contribution in [3.05, 3.63) is 16.6 Å². The Morgan fingerprint density at radius 3 is 2.79 bits per heavy atom. The van der Waals surface area contributed by atoms with Crippen LogP contribution in [0.3, 0.4) is 0 Å². The van der Waals surface area contributed by atoms with Gasteiger partial charge in [-0.15, -0.1) is 11.3 Å². The van der Waals surface area contributed by atoms with Crippen LogP contribution in [-0.2, 0) is 6.42 Å². The molecule has 0 aliphatic heterocycles. The minimum absolute atomic E-state index is 0.0412. The van der Waals surface area contributed by atoms with Gasteiger partial charge in [0.25, 0.3) is 0 Å². The van der Waals surface area contributed by atoms with Gasteiger partial charge in [-0.25, -0.2) is 0 Å². The van der Waals surface area contributed by atoms with Gasteiger partial charge in [-0.2, -0.15) is 0 Å². The Hall–Kier alpha value is -0.410. The lowest BCUT2D eigenvalue weighted by Crippen LogP contribution is -2.40. The lowest BCUT2D eigenvalue weighted by molar-refractivity contribution is -0.0349. The summed E-state index contributed by atoms with van der Waals surface area (Å²) < 4.78 is 0. The molecule has 0 saturated heterocycles. The minimum Gasteiger partial charge on any atom is -0.390 e. The molecular weight excluding hydrogens is 194 g/mol. The van der Waals surface area contributed by atoms with Crippen molar-refractivity contribution in [1.82, 2.24) is 4.98 Å². The van der Waals surface area contributed by atoms with E-state index < -0.39 is 5.60 Å². The quantitative estimate of drug-likeness (QED) is 0.815. The molecule has 14 heavy (non-hydrogen) atoms. The maximum Gasteiger partial charge on any atom is 0.0794 e. The third-order valence-electron chi connectivity index (χ3n) is 3.74. The summed E-state index contributed by atoms with van der Waals surface area (Å²) in [5, 5.41) is 10.3. The van der Waals surface area contributed by atoms with Gasteiger partial charge >= 0.3 is 0 Å². The van der Waals surface area contributed by atoms with Crippen LogP contribution in [0.25, 0.3) is 0 Å². The van der Waals surface area contributed by atoms with Crippen molar-refractivity contribution >= 4 is 11.3 Å². The third kappa shape index (κ3) is 1.59. The predicted molar refractivity (Wildman–Crippen MR) is 58.4 cm³/mol. The van der Waals surface area contributed by atoms with Gasteiger partial charge in [-0.05, 0) is 32.6 Å². The summed E-state index contributed by atoms with van der Waals surface area (Å²) in [5.41, 5.74) is 1.40. The summed E-state index contributed by atoms with van der Waals surface area (Å²) >= 11 is 1.69. The van der Waals surface area contributed by atoms with Gasteiger partial charge in [0.1, 0.15) is 0 Å². The van der Waals surface area contributed by atoms with Crippen LogP contribution in [0.1, 0.15) is 38.0 Å². The van der Waals surface area contributed by atoms with E-state index in [0.29, 0.717) is 0 Å². The average Bonchev–Trinajstić information content (AvgIpc) is 2.63. The molecule has 0 aromatic carbocycles. The van der Waals surface area contributed by atoms with Crippen LogP contribution >= 0.6 is 11.3 Å². The maximum absolute atomic E-state index is 10.3.